The molecule has 0 fully saturated rings. The number of hydrogen-bond acceptors (Lipinski definition) is 13. The van der Waals surface area contributed by atoms with Crippen molar-refractivity contribution in [2.75, 3.05) is 39.0 Å². The topological polar surface area (TPSA) is 186 Å². The first-order valence-corrected chi connectivity index (χ1v) is 11.6. The summed E-state index contributed by atoms with van der Waals surface area (Å²) in [4.78, 5) is 26.1. The molecule has 0 bridgehead atoms. The molecule has 0 atom stereocenters. The number of aromatic nitrogens is 4. The van der Waals surface area contributed by atoms with Crippen molar-refractivity contribution in [3.8, 4) is 33.5 Å². The van der Waals surface area contributed by atoms with Crippen molar-refractivity contribution in [2.24, 2.45) is 0 Å². The lowest BCUT2D eigenvalue weighted by atomic mass is 10.0. The first-order valence-electron chi connectivity index (χ1n) is 10.7. The van der Waals surface area contributed by atoms with E-state index in [0.717, 1.165) is 17.6 Å². The molecule has 0 radical (unpaired) electrons. The largest absolute Gasteiger partial charge is 0.506 e. The molecule has 1 aromatic carbocycles. The van der Waals surface area contributed by atoms with E-state index < -0.39 is 18.1 Å². The first kappa shape index (κ1) is 26.0. The normalized spacial score (nSPS) is 11.2. The van der Waals surface area contributed by atoms with E-state index in [4.69, 9.17) is 29.1 Å². The number of carbonyl (C=O) groups is 1. The van der Waals surface area contributed by atoms with Crippen molar-refractivity contribution in [2.45, 2.75) is 0 Å². The summed E-state index contributed by atoms with van der Waals surface area (Å²) < 4.78 is 27.8. The Hall–Kier alpha value is -5.05. The van der Waals surface area contributed by atoms with Crippen molar-refractivity contribution < 1.29 is 33.3 Å². The monoisotopic (exact) mass is 542 g/mol. The Bertz CT molecular complexity index is 1520. The van der Waals surface area contributed by atoms with E-state index in [9.17, 15) is 14.7 Å². The van der Waals surface area contributed by atoms with E-state index >= 15 is 0 Å². The van der Waals surface area contributed by atoms with Gasteiger partial charge in [0.25, 0.3) is 5.91 Å². The number of nitrogens with one attached hydrogen (secondary N) is 1. The van der Waals surface area contributed by atoms with Crippen LogP contribution in [0, 0.1) is 0 Å². The van der Waals surface area contributed by atoms with Gasteiger partial charge in [-0.1, -0.05) is 17.4 Å². The van der Waals surface area contributed by atoms with Gasteiger partial charge in [0.1, 0.15) is 30.2 Å². The molecule has 4 N–H and O–H groups in total. The maximum absolute atomic E-state index is 13.1. The molecule has 198 valence electrons. The van der Waals surface area contributed by atoms with Crippen molar-refractivity contribution >= 4 is 28.2 Å². The Kier molecular flexibility index (Phi) is 7.77. The van der Waals surface area contributed by atoms with Gasteiger partial charge in [-0.2, -0.15) is 9.78 Å². The zero-order valence-electron chi connectivity index (χ0n) is 20.3. The van der Waals surface area contributed by atoms with Gasteiger partial charge >= 0.3 is 5.63 Å². The number of carbonyl (C=O) groups excluding carboxylic acids is 1. The van der Waals surface area contributed by atoms with Gasteiger partial charge in [-0.15, -0.1) is 10.2 Å². The molecular weight excluding hydrogens is 520 g/mol. The van der Waals surface area contributed by atoms with Crippen LogP contribution in [0.3, 0.4) is 0 Å². The number of benzene rings is 1. The summed E-state index contributed by atoms with van der Waals surface area (Å²) in [5.74, 6) is -0.757. The quantitative estimate of drug-likeness (QED) is 0.249. The Labute approximate surface area is 218 Å². The number of methoxy groups -OCH3 is 3. The van der Waals surface area contributed by atoms with E-state index in [-0.39, 0.29) is 28.0 Å². The van der Waals surface area contributed by atoms with Crippen LogP contribution in [0.2, 0.25) is 0 Å². The predicted octanol–water partition coefficient (Wildman–Crippen LogP) is 2.62. The highest BCUT2D eigenvalue weighted by Gasteiger charge is 2.25. The van der Waals surface area contributed by atoms with E-state index in [0.29, 0.717) is 28.0 Å². The molecule has 0 spiro atoms. The molecular formula is C23H22N6O8S. The van der Waals surface area contributed by atoms with Gasteiger partial charge in [-0.25, -0.2) is 4.79 Å². The minimum atomic E-state index is -0.993. The van der Waals surface area contributed by atoms with Gasteiger partial charge in [-0.05, 0) is 18.2 Å². The van der Waals surface area contributed by atoms with E-state index in [1.807, 2.05) is 0 Å². The van der Waals surface area contributed by atoms with Crippen molar-refractivity contribution in [3.63, 3.8) is 0 Å². The summed E-state index contributed by atoms with van der Waals surface area (Å²) >= 11 is 1.000. The zero-order valence-corrected chi connectivity index (χ0v) is 21.1. The van der Waals surface area contributed by atoms with Gasteiger partial charge in [0.15, 0.2) is 11.5 Å². The fraction of sp³-hybridized carbons (Fsp3) is 0.174. The van der Waals surface area contributed by atoms with Gasteiger partial charge in [0.2, 0.25) is 16.0 Å². The second-order valence-electron chi connectivity index (χ2n) is 7.32. The minimum absolute atomic E-state index is 0.105. The van der Waals surface area contributed by atoms with Crippen LogP contribution in [0.15, 0.2) is 57.8 Å². The summed E-state index contributed by atoms with van der Waals surface area (Å²) in [6.45, 7) is -0.418. The molecule has 4 rings (SSSR count). The highest BCUT2D eigenvalue weighted by atomic mass is 32.1. The van der Waals surface area contributed by atoms with E-state index in [1.165, 1.54) is 38.3 Å². The highest BCUT2D eigenvalue weighted by Crippen LogP contribution is 2.42. The third kappa shape index (κ3) is 5.36. The first-order chi connectivity index (χ1) is 18.4. The highest BCUT2D eigenvalue weighted by molar-refractivity contribution is 7.17. The predicted molar refractivity (Wildman–Crippen MR) is 136 cm³/mol. The summed E-state index contributed by atoms with van der Waals surface area (Å²) in [5, 5.41) is 24.8. The van der Waals surface area contributed by atoms with Gasteiger partial charge in [0.05, 0.1) is 33.1 Å². The maximum atomic E-state index is 13.1. The third-order valence-electron chi connectivity index (χ3n) is 4.94. The van der Waals surface area contributed by atoms with E-state index in [2.05, 4.69) is 20.6 Å². The number of aliphatic hydroxyl groups excluding tert-OH is 1. The molecule has 0 aliphatic rings. The van der Waals surface area contributed by atoms with Gasteiger partial charge in [-0.3, -0.25) is 10.1 Å². The van der Waals surface area contributed by atoms with Crippen molar-refractivity contribution in [1.82, 2.24) is 20.0 Å². The van der Waals surface area contributed by atoms with Crippen molar-refractivity contribution in [1.29, 1.82) is 0 Å². The Balaban J connectivity index is 1.75. The number of rotatable bonds is 10. The lowest BCUT2D eigenvalue weighted by Gasteiger charge is -2.16. The lowest BCUT2D eigenvalue weighted by Crippen LogP contribution is -2.18. The smallest absolute Gasteiger partial charge is 0.379 e. The molecule has 0 saturated carbocycles. The third-order valence-corrected chi connectivity index (χ3v) is 5.75. The second-order valence-corrected chi connectivity index (χ2v) is 8.28. The molecule has 0 saturated heterocycles. The molecule has 0 aliphatic heterocycles. The molecule has 1 amide bonds. The Morgan fingerprint density at radius 3 is 2.58 bits per heavy atom. The summed E-state index contributed by atoms with van der Waals surface area (Å²) in [7, 11) is 4.21. The van der Waals surface area contributed by atoms with Crippen LogP contribution in [-0.4, -0.2) is 58.9 Å². The van der Waals surface area contributed by atoms with E-state index in [1.54, 1.807) is 24.3 Å². The van der Waals surface area contributed by atoms with Crippen LogP contribution < -0.4 is 30.9 Å². The van der Waals surface area contributed by atoms with Crippen LogP contribution in [0.5, 0.6) is 17.2 Å². The number of anilines is 2. The Morgan fingerprint density at radius 1 is 1.21 bits per heavy atom. The standard InChI is InChI=1S/C23H22N6O8S/c1-33-10-12(30)11-36-19-13(18-14(34-2)5-4-6-15(18)35-3)9-16(37-21(19)32)20(31)26-22-27-28-23(38-22)29-17(24)7-8-25-29/h4-10,30H,11,24H2,1-3H3,(H,26,27,31)/b12-10-. The number of nitrogens with two attached hydrogens (primary N) is 1. The Morgan fingerprint density at radius 2 is 1.95 bits per heavy atom. The molecule has 3 aromatic heterocycles. The maximum Gasteiger partial charge on any atom is 0.379 e. The van der Waals surface area contributed by atoms with Crippen LogP contribution in [0.4, 0.5) is 10.9 Å². The molecule has 4 aromatic rings. The minimum Gasteiger partial charge on any atom is -0.506 e. The molecule has 14 nitrogen and oxygen atoms in total. The average Bonchev–Trinajstić information content (AvgIpc) is 3.55. The average molecular weight is 543 g/mol. The van der Waals surface area contributed by atoms with Crippen LogP contribution in [0.25, 0.3) is 16.3 Å². The summed E-state index contributed by atoms with van der Waals surface area (Å²) in [6.07, 6.45) is 2.53. The lowest BCUT2D eigenvalue weighted by molar-refractivity contribution is 0.0991. The molecule has 38 heavy (non-hydrogen) atoms. The van der Waals surface area contributed by atoms with Crippen LogP contribution in [-0.2, 0) is 4.74 Å². The second kappa shape index (κ2) is 11.3. The molecule has 0 unspecified atom stereocenters. The molecule has 0 aliphatic carbocycles. The van der Waals surface area contributed by atoms with Gasteiger partial charge in [0, 0.05) is 11.6 Å². The number of hydrogen-bond donors (Lipinski definition) is 3. The number of amides is 1. The number of aliphatic hydroxyl groups is 1. The molecule has 3 heterocycles. The van der Waals surface area contributed by atoms with Gasteiger partial charge < -0.3 is 34.2 Å². The summed E-state index contributed by atoms with van der Waals surface area (Å²) in [5.41, 5.74) is 5.27. The van der Waals surface area contributed by atoms with Crippen molar-refractivity contribution in [3.05, 3.63) is 64.7 Å². The summed E-state index contributed by atoms with van der Waals surface area (Å²) in [6, 6.07) is 7.84. The number of nitrogens with zero attached hydrogens (tertiary/aromatic N) is 4. The van der Waals surface area contributed by atoms with Crippen LogP contribution in [0.1, 0.15) is 10.6 Å². The fourth-order valence-corrected chi connectivity index (χ4v) is 4.05. The number of nitrogen functional groups attached to an aromatic ring is 1. The SMILES string of the molecule is CO/C=C(\O)COc1c(-c2c(OC)cccc2OC)cc(C(=O)Nc2nnc(-n3nccc3N)s2)oc1=O. The van der Waals surface area contributed by atoms with Crippen LogP contribution >= 0.6 is 11.3 Å². The molecule has 15 heteroatoms. The zero-order chi connectivity index (χ0) is 27.2. The fourth-order valence-electron chi connectivity index (χ4n) is 3.33. The number of ether oxygens (including phenoxy) is 4.